The van der Waals surface area contributed by atoms with Crippen LogP contribution in [0.4, 0.5) is 10.1 Å². The second-order valence-corrected chi connectivity index (χ2v) is 4.48. The van der Waals surface area contributed by atoms with Crippen LogP contribution in [0.2, 0.25) is 0 Å². The molecule has 1 aliphatic rings. The second kappa shape index (κ2) is 4.39. The lowest BCUT2D eigenvalue weighted by molar-refractivity contribution is 0.0437. The van der Waals surface area contributed by atoms with Gasteiger partial charge in [-0.25, -0.2) is 9.18 Å². The average molecular weight is 257 g/mol. The first-order valence-electron chi connectivity index (χ1n) is 5.98. The molecule has 1 aliphatic heterocycles. The maximum Gasteiger partial charge on any atom is 0.340 e. The molecule has 3 rings (SSSR count). The number of halogens is 1. The maximum absolute atomic E-state index is 13.5. The Morgan fingerprint density at radius 3 is 2.79 bits per heavy atom. The average Bonchev–Trinajstić information content (AvgIpc) is 2.72. The van der Waals surface area contributed by atoms with Crippen LogP contribution in [0.1, 0.15) is 27.7 Å². The number of cyclic esters (lactones) is 1. The van der Waals surface area contributed by atoms with Crippen molar-refractivity contribution in [2.24, 2.45) is 0 Å². The molecule has 0 radical (unpaired) electrons. The van der Waals surface area contributed by atoms with Crippen LogP contribution in [0.15, 0.2) is 42.5 Å². The standard InChI is InChI=1S/C15H12FNO2/c1-9-6-7-10(8-13(9)16)17-14-11-4-2-3-5-12(11)15(18)19-14/h2-8,14,17H,1H3/t14-/m0/s1. The first-order valence-corrected chi connectivity index (χ1v) is 5.98. The summed E-state index contributed by atoms with van der Waals surface area (Å²) in [6.07, 6.45) is -0.564. The molecule has 0 aliphatic carbocycles. The van der Waals surface area contributed by atoms with E-state index in [1.807, 2.05) is 12.1 Å². The normalized spacial score (nSPS) is 16.9. The zero-order chi connectivity index (χ0) is 13.4. The molecule has 96 valence electrons. The molecule has 0 bridgehead atoms. The number of carbonyl (C=O) groups is 1. The topological polar surface area (TPSA) is 38.3 Å². The fourth-order valence-electron chi connectivity index (χ4n) is 2.09. The summed E-state index contributed by atoms with van der Waals surface area (Å²) < 4.78 is 18.7. The van der Waals surface area contributed by atoms with Gasteiger partial charge in [-0.15, -0.1) is 0 Å². The summed E-state index contributed by atoms with van der Waals surface area (Å²) in [6, 6.07) is 12.0. The van der Waals surface area contributed by atoms with Gasteiger partial charge in [0.2, 0.25) is 6.23 Å². The summed E-state index contributed by atoms with van der Waals surface area (Å²) in [5.41, 5.74) is 2.48. The molecule has 0 aromatic heterocycles. The summed E-state index contributed by atoms with van der Waals surface area (Å²) in [4.78, 5) is 11.7. The van der Waals surface area contributed by atoms with E-state index in [1.54, 1.807) is 31.2 Å². The first-order chi connectivity index (χ1) is 9.15. The number of fused-ring (bicyclic) bond motifs is 1. The van der Waals surface area contributed by atoms with Crippen molar-refractivity contribution in [3.63, 3.8) is 0 Å². The quantitative estimate of drug-likeness (QED) is 0.838. The smallest absolute Gasteiger partial charge is 0.340 e. The number of nitrogens with one attached hydrogen (secondary N) is 1. The Hall–Kier alpha value is -2.36. The number of hydrogen-bond donors (Lipinski definition) is 1. The maximum atomic E-state index is 13.5. The molecule has 3 nitrogen and oxygen atoms in total. The minimum atomic E-state index is -0.564. The van der Waals surface area contributed by atoms with Gasteiger partial charge in [-0.1, -0.05) is 24.3 Å². The highest BCUT2D eigenvalue weighted by Gasteiger charge is 2.30. The first kappa shape index (κ1) is 11.7. The number of carbonyl (C=O) groups excluding carboxylic acids is 1. The van der Waals surface area contributed by atoms with E-state index < -0.39 is 6.23 Å². The highest BCUT2D eigenvalue weighted by Crippen LogP contribution is 2.31. The van der Waals surface area contributed by atoms with Crippen molar-refractivity contribution >= 4 is 11.7 Å². The largest absolute Gasteiger partial charge is 0.434 e. The van der Waals surface area contributed by atoms with Gasteiger partial charge in [-0.05, 0) is 30.7 Å². The van der Waals surface area contributed by atoms with Gasteiger partial charge in [-0.3, -0.25) is 0 Å². The number of ether oxygens (including phenoxy) is 1. The van der Waals surface area contributed by atoms with Crippen LogP contribution in [0.3, 0.4) is 0 Å². The Bertz CT molecular complexity index is 654. The molecule has 2 aromatic carbocycles. The Morgan fingerprint density at radius 1 is 1.21 bits per heavy atom. The van der Waals surface area contributed by atoms with E-state index in [4.69, 9.17) is 4.74 Å². The molecule has 0 saturated heterocycles. The zero-order valence-electron chi connectivity index (χ0n) is 10.3. The van der Waals surface area contributed by atoms with Gasteiger partial charge in [0.1, 0.15) is 5.82 Å². The molecular formula is C15H12FNO2. The molecule has 0 saturated carbocycles. The molecule has 4 heteroatoms. The van der Waals surface area contributed by atoms with Crippen LogP contribution in [-0.2, 0) is 4.74 Å². The van der Waals surface area contributed by atoms with Crippen molar-refractivity contribution in [1.82, 2.24) is 0 Å². The van der Waals surface area contributed by atoms with Crippen molar-refractivity contribution in [2.75, 3.05) is 5.32 Å². The third kappa shape index (κ3) is 2.05. The molecule has 1 heterocycles. The molecule has 0 fully saturated rings. The van der Waals surface area contributed by atoms with Gasteiger partial charge >= 0.3 is 5.97 Å². The predicted molar refractivity (Wildman–Crippen MR) is 69.4 cm³/mol. The van der Waals surface area contributed by atoms with Crippen LogP contribution >= 0.6 is 0 Å². The van der Waals surface area contributed by atoms with Crippen molar-refractivity contribution in [3.8, 4) is 0 Å². The Kier molecular flexibility index (Phi) is 2.71. The van der Waals surface area contributed by atoms with E-state index in [9.17, 15) is 9.18 Å². The molecule has 1 N–H and O–H groups in total. The molecular weight excluding hydrogens is 245 g/mol. The van der Waals surface area contributed by atoms with Crippen LogP contribution in [0.25, 0.3) is 0 Å². The van der Waals surface area contributed by atoms with E-state index >= 15 is 0 Å². The van der Waals surface area contributed by atoms with Gasteiger partial charge in [-0.2, -0.15) is 0 Å². The third-order valence-electron chi connectivity index (χ3n) is 3.16. The summed E-state index contributed by atoms with van der Waals surface area (Å²) >= 11 is 0. The molecule has 0 spiro atoms. The van der Waals surface area contributed by atoms with E-state index in [0.717, 1.165) is 5.56 Å². The summed E-state index contributed by atoms with van der Waals surface area (Å²) in [7, 11) is 0. The zero-order valence-corrected chi connectivity index (χ0v) is 10.3. The molecule has 19 heavy (non-hydrogen) atoms. The van der Waals surface area contributed by atoms with Crippen LogP contribution in [0.5, 0.6) is 0 Å². The van der Waals surface area contributed by atoms with E-state index in [0.29, 0.717) is 16.8 Å². The van der Waals surface area contributed by atoms with Crippen molar-refractivity contribution in [3.05, 3.63) is 65.0 Å². The SMILES string of the molecule is Cc1ccc(N[C@H]2OC(=O)c3ccccc32)cc1F. The number of rotatable bonds is 2. The molecule has 0 amide bonds. The number of benzene rings is 2. The number of aryl methyl sites for hydroxylation is 1. The van der Waals surface area contributed by atoms with Gasteiger partial charge in [0.15, 0.2) is 0 Å². The van der Waals surface area contributed by atoms with Crippen molar-refractivity contribution < 1.29 is 13.9 Å². The number of esters is 1. The third-order valence-corrected chi connectivity index (χ3v) is 3.16. The van der Waals surface area contributed by atoms with Crippen molar-refractivity contribution in [1.29, 1.82) is 0 Å². The second-order valence-electron chi connectivity index (χ2n) is 4.48. The lowest BCUT2D eigenvalue weighted by Crippen LogP contribution is -2.10. The summed E-state index contributed by atoms with van der Waals surface area (Å²) in [6.45, 7) is 1.70. The van der Waals surface area contributed by atoms with Gasteiger partial charge < -0.3 is 10.1 Å². The van der Waals surface area contributed by atoms with E-state index in [-0.39, 0.29) is 11.8 Å². The Labute approximate surface area is 110 Å². The van der Waals surface area contributed by atoms with Crippen LogP contribution < -0.4 is 5.32 Å². The van der Waals surface area contributed by atoms with Crippen LogP contribution in [-0.4, -0.2) is 5.97 Å². The highest BCUT2D eigenvalue weighted by atomic mass is 19.1. The lowest BCUT2D eigenvalue weighted by atomic mass is 10.1. The Balaban J connectivity index is 1.89. The van der Waals surface area contributed by atoms with Gasteiger partial charge in [0, 0.05) is 11.3 Å². The Morgan fingerprint density at radius 2 is 2.00 bits per heavy atom. The molecule has 1 atom stereocenters. The number of hydrogen-bond acceptors (Lipinski definition) is 3. The van der Waals surface area contributed by atoms with E-state index in [2.05, 4.69) is 5.32 Å². The lowest BCUT2D eigenvalue weighted by Gasteiger charge is -2.14. The summed E-state index contributed by atoms with van der Waals surface area (Å²) in [5.74, 6) is -0.650. The fourth-order valence-corrected chi connectivity index (χ4v) is 2.09. The van der Waals surface area contributed by atoms with Crippen LogP contribution in [0, 0.1) is 12.7 Å². The fraction of sp³-hybridized carbons (Fsp3) is 0.133. The summed E-state index contributed by atoms with van der Waals surface area (Å²) in [5, 5.41) is 3.01. The van der Waals surface area contributed by atoms with Gasteiger partial charge in [0.25, 0.3) is 0 Å². The van der Waals surface area contributed by atoms with Gasteiger partial charge in [0.05, 0.1) is 5.56 Å². The molecule has 2 aromatic rings. The highest BCUT2D eigenvalue weighted by molar-refractivity contribution is 5.94. The van der Waals surface area contributed by atoms with E-state index in [1.165, 1.54) is 6.07 Å². The van der Waals surface area contributed by atoms with Crippen molar-refractivity contribution in [2.45, 2.75) is 13.2 Å². The predicted octanol–water partition coefficient (Wildman–Crippen LogP) is 3.42. The minimum Gasteiger partial charge on any atom is -0.434 e. The minimum absolute atomic E-state index is 0.289. The molecule has 0 unspecified atom stereocenters. The number of anilines is 1. The monoisotopic (exact) mass is 257 g/mol.